The fraction of sp³-hybridized carbons (Fsp3) is 0.231. The predicted octanol–water partition coefficient (Wildman–Crippen LogP) is 2.19. The van der Waals surface area contributed by atoms with Crippen LogP contribution >= 0.6 is 0 Å². The first-order chi connectivity index (χ1) is 8.20. The number of aryl methyl sites for hydroxylation is 1. The molecule has 4 heteroatoms. The first-order valence-corrected chi connectivity index (χ1v) is 5.54. The zero-order valence-corrected chi connectivity index (χ0v) is 9.63. The van der Waals surface area contributed by atoms with Crippen LogP contribution in [0.5, 0.6) is 0 Å². The van der Waals surface area contributed by atoms with Gasteiger partial charge in [0.25, 0.3) is 0 Å². The average molecular weight is 230 g/mol. The molecule has 1 N–H and O–H groups in total. The molecule has 0 unspecified atom stereocenters. The molecule has 0 atom stereocenters. The predicted molar refractivity (Wildman–Crippen MR) is 64.1 cm³/mol. The quantitative estimate of drug-likeness (QED) is 0.876. The van der Waals surface area contributed by atoms with Gasteiger partial charge in [-0.1, -0.05) is 37.3 Å². The first kappa shape index (κ1) is 11.4. The largest absolute Gasteiger partial charge is 0.476 e. The molecular weight excluding hydrogens is 216 g/mol. The van der Waals surface area contributed by atoms with E-state index in [2.05, 4.69) is 5.10 Å². The van der Waals surface area contributed by atoms with Crippen LogP contribution in [0, 0.1) is 0 Å². The van der Waals surface area contributed by atoms with Crippen molar-refractivity contribution in [1.82, 2.24) is 9.78 Å². The van der Waals surface area contributed by atoms with E-state index >= 15 is 0 Å². The molecule has 0 amide bonds. The van der Waals surface area contributed by atoms with E-state index in [1.165, 1.54) is 0 Å². The second-order valence-electron chi connectivity index (χ2n) is 3.82. The fourth-order valence-corrected chi connectivity index (χ4v) is 1.74. The van der Waals surface area contributed by atoms with E-state index in [1.807, 2.05) is 37.3 Å². The summed E-state index contributed by atoms with van der Waals surface area (Å²) in [6.07, 6.45) is 0.771. The molecule has 0 saturated carbocycles. The monoisotopic (exact) mass is 230 g/mol. The molecular formula is C13H14N2O2. The average Bonchev–Trinajstić information content (AvgIpc) is 2.74. The maximum atomic E-state index is 10.9. The van der Waals surface area contributed by atoms with Crippen LogP contribution in [0.4, 0.5) is 0 Å². The lowest BCUT2D eigenvalue weighted by Gasteiger charge is -2.05. The summed E-state index contributed by atoms with van der Waals surface area (Å²) in [6, 6.07) is 11.5. The Morgan fingerprint density at radius 1 is 1.35 bits per heavy atom. The minimum atomic E-state index is -0.980. The van der Waals surface area contributed by atoms with Gasteiger partial charge in [0, 0.05) is 5.69 Å². The lowest BCUT2D eigenvalue weighted by molar-refractivity contribution is 0.0689. The Morgan fingerprint density at radius 2 is 2.06 bits per heavy atom. The highest BCUT2D eigenvalue weighted by Crippen LogP contribution is 2.09. The molecule has 1 heterocycles. The number of nitrogens with zero attached hydrogens (tertiary/aromatic N) is 2. The van der Waals surface area contributed by atoms with Crippen LogP contribution in [-0.4, -0.2) is 20.9 Å². The second-order valence-corrected chi connectivity index (χ2v) is 3.82. The molecule has 2 aromatic rings. The van der Waals surface area contributed by atoms with Gasteiger partial charge in [-0.25, -0.2) is 4.79 Å². The number of carboxylic acids is 1. The maximum absolute atomic E-state index is 10.9. The molecule has 0 aliphatic carbocycles. The standard InChI is InChI=1S/C13H14N2O2/c1-2-11-8-12(13(16)17)14-15(11)9-10-6-4-3-5-7-10/h3-8H,2,9H2,1H3,(H,16,17). The van der Waals surface area contributed by atoms with Crippen molar-refractivity contribution in [3.05, 3.63) is 53.3 Å². The Morgan fingerprint density at radius 3 is 2.65 bits per heavy atom. The molecule has 0 aliphatic heterocycles. The number of benzene rings is 1. The number of carbonyl (C=O) groups is 1. The molecule has 0 bridgehead atoms. The van der Waals surface area contributed by atoms with Crippen molar-refractivity contribution >= 4 is 5.97 Å². The lowest BCUT2D eigenvalue weighted by atomic mass is 10.2. The molecule has 0 radical (unpaired) electrons. The third kappa shape index (κ3) is 2.53. The Hall–Kier alpha value is -2.10. The zero-order chi connectivity index (χ0) is 12.3. The minimum absolute atomic E-state index is 0.109. The van der Waals surface area contributed by atoms with Gasteiger partial charge in [0.2, 0.25) is 0 Å². The fourth-order valence-electron chi connectivity index (χ4n) is 1.74. The van der Waals surface area contributed by atoms with Gasteiger partial charge in [0.1, 0.15) is 0 Å². The minimum Gasteiger partial charge on any atom is -0.476 e. The summed E-state index contributed by atoms with van der Waals surface area (Å²) in [4.78, 5) is 10.9. The van der Waals surface area contributed by atoms with E-state index in [1.54, 1.807) is 10.7 Å². The molecule has 0 spiro atoms. The number of hydrogen-bond acceptors (Lipinski definition) is 2. The summed E-state index contributed by atoms with van der Waals surface area (Å²) in [5, 5.41) is 13.0. The second kappa shape index (κ2) is 4.82. The van der Waals surface area contributed by atoms with Crippen molar-refractivity contribution in [2.45, 2.75) is 19.9 Å². The number of hydrogen-bond donors (Lipinski definition) is 1. The molecule has 4 nitrogen and oxygen atoms in total. The van der Waals surface area contributed by atoms with E-state index in [4.69, 9.17) is 5.11 Å². The van der Waals surface area contributed by atoms with Gasteiger partial charge in [-0.05, 0) is 18.1 Å². The third-order valence-electron chi connectivity index (χ3n) is 2.62. The zero-order valence-electron chi connectivity index (χ0n) is 9.63. The maximum Gasteiger partial charge on any atom is 0.356 e. The number of carboxylic acid groups (broad SMARTS) is 1. The highest BCUT2D eigenvalue weighted by atomic mass is 16.4. The van der Waals surface area contributed by atoms with Crippen molar-refractivity contribution in [2.75, 3.05) is 0 Å². The summed E-state index contributed by atoms with van der Waals surface area (Å²) < 4.78 is 1.75. The third-order valence-corrected chi connectivity index (χ3v) is 2.62. The summed E-state index contributed by atoms with van der Waals surface area (Å²) in [6.45, 7) is 2.60. The van der Waals surface area contributed by atoms with Gasteiger partial charge in [-0.15, -0.1) is 0 Å². The van der Waals surface area contributed by atoms with Gasteiger partial charge in [-0.3, -0.25) is 4.68 Å². The van der Waals surface area contributed by atoms with Crippen LogP contribution < -0.4 is 0 Å². The Kier molecular flexibility index (Phi) is 3.23. The molecule has 17 heavy (non-hydrogen) atoms. The van der Waals surface area contributed by atoms with E-state index in [9.17, 15) is 4.79 Å². The lowest BCUT2D eigenvalue weighted by Crippen LogP contribution is -2.06. The summed E-state index contributed by atoms with van der Waals surface area (Å²) >= 11 is 0. The summed E-state index contributed by atoms with van der Waals surface area (Å²) in [7, 11) is 0. The van der Waals surface area contributed by atoms with E-state index in [0.29, 0.717) is 6.54 Å². The smallest absolute Gasteiger partial charge is 0.356 e. The Labute approximate surface area is 99.5 Å². The summed E-state index contributed by atoms with van der Waals surface area (Å²) in [5.74, 6) is -0.980. The van der Waals surface area contributed by atoms with Crippen LogP contribution in [-0.2, 0) is 13.0 Å². The van der Waals surface area contributed by atoms with Crippen LogP contribution in [0.1, 0.15) is 28.7 Å². The molecule has 2 rings (SSSR count). The summed E-state index contributed by atoms with van der Waals surface area (Å²) in [5.41, 5.74) is 2.16. The topological polar surface area (TPSA) is 55.1 Å². The van der Waals surface area contributed by atoms with E-state index < -0.39 is 5.97 Å². The van der Waals surface area contributed by atoms with Crippen LogP contribution in [0.3, 0.4) is 0 Å². The molecule has 88 valence electrons. The van der Waals surface area contributed by atoms with Crippen LogP contribution in [0.25, 0.3) is 0 Å². The van der Waals surface area contributed by atoms with Crippen LogP contribution in [0.2, 0.25) is 0 Å². The van der Waals surface area contributed by atoms with Crippen molar-refractivity contribution in [3.63, 3.8) is 0 Å². The van der Waals surface area contributed by atoms with Gasteiger partial charge >= 0.3 is 5.97 Å². The first-order valence-electron chi connectivity index (χ1n) is 5.54. The van der Waals surface area contributed by atoms with E-state index in [0.717, 1.165) is 17.7 Å². The molecule has 0 fully saturated rings. The van der Waals surface area contributed by atoms with Gasteiger partial charge in [-0.2, -0.15) is 5.10 Å². The highest BCUT2D eigenvalue weighted by Gasteiger charge is 2.11. The van der Waals surface area contributed by atoms with Gasteiger partial charge < -0.3 is 5.11 Å². The van der Waals surface area contributed by atoms with Gasteiger partial charge in [0.15, 0.2) is 5.69 Å². The van der Waals surface area contributed by atoms with Crippen molar-refractivity contribution < 1.29 is 9.90 Å². The van der Waals surface area contributed by atoms with E-state index in [-0.39, 0.29) is 5.69 Å². The van der Waals surface area contributed by atoms with Crippen molar-refractivity contribution in [3.8, 4) is 0 Å². The van der Waals surface area contributed by atoms with Gasteiger partial charge in [0.05, 0.1) is 6.54 Å². The molecule has 1 aromatic heterocycles. The van der Waals surface area contributed by atoms with Crippen LogP contribution in [0.15, 0.2) is 36.4 Å². The molecule has 0 saturated heterocycles. The highest BCUT2D eigenvalue weighted by molar-refractivity contribution is 5.85. The SMILES string of the molecule is CCc1cc(C(=O)O)nn1Cc1ccccc1. The normalized spacial score (nSPS) is 10.4. The van der Waals surface area contributed by atoms with Crippen molar-refractivity contribution in [1.29, 1.82) is 0 Å². The number of rotatable bonds is 4. The molecule has 1 aromatic carbocycles. The Bertz CT molecular complexity index is 517. The Balaban J connectivity index is 2.29. The van der Waals surface area contributed by atoms with Crippen molar-refractivity contribution in [2.24, 2.45) is 0 Å². The molecule has 0 aliphatic rings. The number of aromatic nitrogens is 2. The number of aromatic carboxylic acids is 1.